The van der Waals surface area contributed by atoms with E-state index >= 15 is 0 Å². The monoisotopic (exact) mass is 1820 g/mol. The summed E-state index contributed by atoms with van der Waals surface area (Å²) >= 11 is 11.8. The van der Waals surface area contributed by atoms with Crippen LogP contribution in [0.5, 0.6) is 34.5 Å². The first kappa shape index (κ1) is 96.6. The number of hydrogen-bond acceptors (Lipinski definition) is 27. The molecular weight excluding hydrogens is 1720 g/mol. The topological polar surface area (TPSA) is 308 Å². The number of morpholine rings is 1. The molecule has 0 unspecified atom stereocenters. The first-order valence-corrected chi connectivity index (χ1v) is 42.9. The number of carbonyl (C=O) groups excluding carboxylic acids is 2. The average molecular weight is 1820 g/mol. The minimum absolute atomic E-state index is 0.00436. The van der Waals surface area contributed by atoms with E-state index in [1.807, 2.05) is 126 Å². The number of ether oxygens (including phenoxy) is 10. The number of methoxy groups -OCH3 is 4. The molecule has 0 bridgehead atoms. The average Bonchev–Trinajstić information content (AvgIpc) is 1.62. The van der Waals surface area contributed by atoms with Gasteiger partial charge in [-0.25, -0.2) is 48.7 Å². The van der Waals surface area contributed by atoms with Crippen LogP contribution in [0.4, 0.5) is 60.4 Å². The Balaban J connectivity index is 0.000000158. The fourth-order valence-corrected chi connectivity index (χ4v) is 14.3. The lowest BCUT2D eigenvalue weighted by atomic mass is 10.1. The van der Waals surface area contributed by atoms with Gasteiger partial charge in [-0.1, -0.05) is 66.0 Å². The summed E-state index contributed by atoms with van der Waals surface area (Å²) in [6.45, 7) is 13.7. The lowest BCUT2D eigenvalue weighted by Gasteiger charge is -2.26. The van der Waals surface area contributed by atoms with Crippen LogP contribution in [0.15, 0.2) is 196 Å². The second kappa shape index (κ2) is 48.3. The van der Waals surface area contributed by atoms with Gasteiger partial charge in [-0.3, -0.25) is 14.5 Å². The zero-order valence-corrected chi connectivity index (χ0v) is 76.2. The molecule has 15 rings (SSSR count). The smallest absolute Gasteiger partial charge is 0.248 e. The molecule has 684 valence electrons. The quantitative estimate of drug-likeness (QED) is 0.0138. The Hall–Kier alpha value is -13.5. The minimum Gasteiger partial charge on any atom is -0.496 e. The number of aromatic nitrogens is 9. The molecule has 13 aromatic rings. The number of nitrogens with one attached hydrogen (secondary N) is 5. The summed E-state index contributed by atoms with van der Waals surface area (Å²) in [4.78, 5) is 68.9. The number of anilines is 9. The van der Waals surface area contributed by atoms with Gasteiger partial charge >= 0.3 is 0 Å². The molecule has 7 heterocycles. The number of rotatable bonds is 36. The molecule has 5 N–H and O–H groups in total. The third-order valence-corrected chi connectivity index (χ3v) is 21.2. The van der Waals surface area contributed by atoms with Crippen LogP contribution in [-0.2, 0) is 42.0 Å². The number of terminal acetylenes is 1. The SMILES string of the molecule is C#Cc1cccc(Nc2ncnc3cc(OCCOC)c(OCCOC)cc23)c1.C=CC(=O)Nc1cc(Cc2nccc(-c3cn(C)c4ccccc34)n2)c(OC)cc1N(C)CCN(C)C.CN(C)C/C=C/C(=O)Nc1cc2c(Nc3ccc(F)c(Cl)c3)ncnc2cc1O[C@H]1CCOC1.COc1cc2ncnc(Nc3ccc(F)c(Cl)c3)c2cc1OCCCN1CCOCC1. The van der Waals surface area contributed by atoms with Crippen LogP contribution in [0.1, 0.15) is 29.8 Å². The summed E-state index contributed by atoms with van der Waals surface area (Å²) in [5.41, 5.74) is 10.8. The molecule has 34 heteroatoms. The number of carbonyl (C=O) groups is 2. The highest BCUT2D eigenvalue weighted by Gasteiger charge is 2.24. The van der Waals surface area contributed by atoms with E-state index in [1.165, 1.54) is 55.4 Å². The molecule has 2 amide bonds. The van der Waals surface area contributed by atoms with Crippen LogP contribution >= 0.6 is 23.2 Å². The van der Waals surface area contributed by atoms with Crippen molar-refractivity contribution < 1.29 is 65.7 Å². The molecule has 0 radical (unpaired) electrons. The van der Waals surface area contributed by atoms with Crippen molar-refractivity contribution in [2.24, 2.45) is 7.05 Å². The number of benzene rings is 8. The maximum absolute atomic E-state index is 13.6. The van der Waals surface area contributed by atoms with Crippen LogP contribution in [-0.4, -0.2) is 239 Å². The molecule has 0 saturated carbocycles. The number of aryl methyl sites for hydroxylation is 1. The highest BCUT2D eigenvalue weighted by atomic mass is 35.5. The third kappa shape index (κ3) is 27.3. The van der Waals surface area contributed by atoms with Gasteiger partial charge in [0.05, 0.1) is 110 Å². The second-order valence-electron chi connectivity index (χ2n) is 30.6. The van der Waals surface area contributed by atoms with Gasteiger partial charge in [0, 0.05) is 184 Å². The molecule has 30 nitrogen and oxygen atoms in total. The number of fused-ring (bicyclic) bond motifs is 4. The molecule has 131 heavy (non-hydrogen) atoms. The van der Waals surface area contributed by atoms with Crippen molar-refractivity contribution in [3.05, 3.63) is 234 Å². The Morgan fingerprint density at radius 3 is 1.77 bits per heavy atom. The summed E-state index contributed by atoms with van der Waals surface area (Å²) < 4.78 is 85.2. The Morgan fingerprint density at radius 1 is 0.595 bits per heavy atom. The third-order valence-electron chi connectivity index (χ3n) is 20.6. The summed E-state index contributed by atoms with van der Waals surface area (Å²) in [5.74, 6) is 7.03. The molecule has 0 aliphatic carbocycles. The molecule has 2 fully saturated rings. The van der Waals surface area contributed by atoms with E-state index in [0.29, 0.717) is 156 Å². The lowest BCUT2D eigenvalue weighted by molar-refractivity contribution is -0.112. The van der Waals surface area contributed by atoms with E-state index in [0.717, 1.165) is 120 Å². The van der Waals surface area contributed by atoms with E-state index in [2.05, 4.69) is 112 Å². The zero-order chi connectivity index (χ0) is 92.7. The molecule has 1 atom stereocenters. The first-order chi connectivity index (χ1) is 63.6. The van der Waals surface area contributed by atoms with Crippen LogP contribution < -0.4 is 59.9 Å². The first-order valence-electron chi connectivity index (χ1n) is 42.2. The molecule has 0 spiro atoms. The summed E-state index contributed by atoms with van der Waals surface area (Å²) in [7, 11) is 18.4. The van der Waals surface area contributed by atoms with Crippen molar-refractivity contribution in [2.75, 3.05) is 194 Å². The van der Waals surface area contributed by atoms with Crippen molar-refractivity contribution in [2.45, 2.75) is 25.4 Å². The second-order valence-corrected chi connectivity index (χ2v) is 31.4. The van der Waals surface area contributed by atoms with Gasteiger partial charge in [-0.15, -0.1) is 6.42 Å². The molecular formula is C97H106Cl2F2N18O12. The van der Waals surface area contributed by atoms with Gasteiger partial charge in [0.15, 0.2) is 23.0 Å². The van der Waals surface area contributed by atoms with Crippen molar-refractivity contribution >= 4 is 130 Å². The van der Waals surface area contributed by atoms with Crippen LogP contribution in [0, 0.1) is 24.0 Å². The summed E-state index contributed by atoms with van der Waals surface area (Å²) in [5, 5.41) is 18.8. The standard InChI is InChI=1S/C29H34N6O2.C24H25ClFN5O3.C22H24ClFN4O3.C22H23N3O4/c1-7-29(36)32-24-16-20(27(37-6)18-26(24)34(4)15-14-33(2)3)17-28-30-13-12-23(31-28)22-19-35(5)25-11-9-8-10-21(22)25;1-31(2)8-3-4-23(32)30-21-11-17-20(12-22(21)34-16-7-9-33-13-16)27-14-28-24(17)29-15-5-6-19(26)18(25)10-15;1-29-20-13-19-16(12-21(20)31-8-2-5-28-6-9-30-10-7-28)22(26-14-25-19)27-15-3-4-18(24)17(23)11-15;1-4-16-6-5-7-17(12-16)25-22-18-13-20(28-10-8-26-2)21(29-11-9-27-3)14-19(18)23-15-24-22/h7-13,16,18-19H,1,14-15,17H2,2-6H3,(H,32,36);3-6,10-12,14,16H,7-9,13H2,1-2H3,(H,30,32)(H,27,28,29);3-4,11-14H,2,5-10H2,1H3,(H,25,26,27);1,5-7,12-15H,8-11H2,2-3H3,(H,23,24,25)/b;4-3+;;/t;16-;;/m.0../s1. The maximum Gasteiger partial charge on any atom is 0.248 e. The van der Waals surface area contributed by atoms with Crippen molar-refractivity contribution in [1.82, 2.24) is 59.1 Å². The number of halogens is 4. The molecule has 5 aromatic heterocycles. The number of nitrogens with zero attached hydrogens (tertiary/aromatic N) is 13. The fraction of sp³-hybridized carbons (Fsp3) is 0.299. The highest BCUT2D eigenvalue weighted by Crippen LogP contribution is 2.41. The van der Waals surface area contributed by atoms with E-state index < -0.39 is 11.6 Å². The summed E-state index contributed by atoms with van der Waals surface area (Å²) in [6, 6.07) is 41.3. The molecule has 2 aliphatic rings. The van der Waals surface area contributed by atoms with Gasteiger partial charge in [-0.2, -0.15) is 0 Å². The molecule has 8 aromatic carbocycles. The normalized spacial score (nSPS) is 13.0. The zero-order valence-electron chi connectivity index (χ0n) is 74.7. The van der Waals surface area contributed by atoms with Crippen LogP contribution in [0.3, 0.4) is 0 Å². The van der Waals surface area contributed by atoms with Crippen molar-refractivity contribution in [1.29, 1.82) is 0 Å². The van der Waals surface area contributed by atoms with Gasteiger partial charge < -0.3 is 93.2 Å². The fourth-order valence-electron chi connectivity index (χ4n) is 13.9. The van der Waals surface area contributed by atoms with Gasteiger partial charge in [0.1, 0.15) is 84.7 Å². The van der Waals surface area contributed by atoms with Crippen molar-refractivity contribution in [3.63, 3.8) is 0 Å². The molecule has 2 saturated heterocycles. The highest BCUT2D eigenvalue weighted by molar-refractivity contribution is 6.31. The Labute approximate surface area is 769 Å². The van der Waals surface area contributed by atoms with E-state index in [9.17, 15) is 18.4 Å². The Bertz CT molecular complexity index is 6160. The molecule has 2 aliphatic heterocycles. The van der Waals surface area contributed by atoms with E-state index in [4.69, 9.17) is 82.0 Å². The Morgan fingerprint density at radius 2 is 1.18 bits per heavy atom. The number of hydrogen-bond donors (Lipinski definition) is 5. The van der Waals surface area contributed by atoms with Gasteiger partial charge in [-0.05, 0) is 132 Å². The van der Waals surface area contributed by atoms with Crippen molar-refractivity contribution in [3.8, 4) is 58.1 Å². The van der Waals surface area contributed by atoms with Crippen LogP contribution in [0.2, 0.25) is 10.0 Å². The van der Waals surface area contributed by atoms with Gasteiger partial charge in [0.25, 0.3) is 0 Å². The Kier molecular flexibility index (Phi) is 35.6. The largest absolute Gasteiger partial charge is 0.496 e. The van der Waals surface area contributed by atoms with Crippen LogP contribution in [0.25, 0.3) is 54.9 Å². The predicted molar refractivity (Wildman–Crippen MR) is 511 cm³/mol. The maximum atomic E-state index is 13.6. The van der Waals surface area contributed by atoms with E-state index in [-0.39, 0.29) is 28.0 Å². The predicted octanol–water partition coefficient (Wildman–Crippen LogP) is 16.4. The number of amides is 2. The van der Waals surface area contributed by atoms with Gasteiger partial charge in [0.2, 0.25) is 11.8 Å². The number of para-hydroxylation sites is 1. The lowest BCUT2D eigenvalue weighted by Crippen LogP contribution is -2.37. The van der Waals surface area contributed by atoms with E-state index in [1.54, 1.807) is 65.0 Å². The summed E-state index contributed by atoms with van der Waals surface area (Å²) in [6.07, 6.45) is 20.3. The minimum atomic E-state index is -0.509. The number of likely N-dealkylation sites (N-methyl/N-ethyl adjacent to an activating group) is 3.